The van der Waals surface area contributed by atoms with Crippen molar-refractivity contribution in [1.29, 1.82) is 0 Å². The average molecular weight is 364 g/mol. The second-order valence-electron chi connectivity index (χ2n) is 5.58. The fourth-order valence-electron chi connectivity index (χ4n) is 2.24. The van der Waals surface area contributed by atoms with Crippen LogP contribution >= 0.6 is 23.2 Å². The normalized spacial score (nSPS) is 14.8. The quantitative estimate of drug-likeness (QED) is 0.811. The smallest absolute Gasteiger partial charge is 0.340 e. The van der Waals surface area contributed by atoms with Crippen molar-refractivity contribution in [3.05, 3.63) is 69.7 Å². The number of hydrogen-bond donors (Lipinski definition) is 1. The first-order valence-electron chi connectivity index (χ1n) is 7.56. The van der Waals surface area contributed by atoms with Crippen LogP contribution in [0.5, 0.6) is 0 Å². The van der Waals surface area contributed by atoms with Crippen LogP contribution in [0.3, 0.4) is 0 Å². The van der Waals surface area contributed by atoms with Gasteiger partial charge in [0.2, 0.25) is 6.10 Å². The Labute approximate surface area is 149 Å². The molecule has 1 fully saturated rings. The summed E-state index contributed by atoms with van der Waals surface area (Å²) in [5.74, 6) is -1.03. The number of carbonyl (C=O) groups excluding carboxylic acids is 2. The molecule has 124 valence electrons. The topological polar surface area (TPSA) is 55.4 Å². The Morgan fingerprint density at radius 1 is 1.04 bits per heavy atom. The second-order valence-corrected chi connectivity index (χ2v) is 6.37. The van der Waals surface area contributed by atoms with Crippen molar-refractivity contribution in [2.45, 2.75) is 25.0 Å². The number of halogens is 2. The molecular weight excluding hydrogens is 349 g/mol. The third-order valence-corrected chi connectivity index (χ3v) is 4.48. The highest BCUT2D eigenvalue weighted by atomic mass is 35.5. The number of esters is 1. The molecule has 3 rings (SSSR count). The zero-order valence-corrected chi connectivity index (χ0v) is 14.2. The molecule has 0 aromatic heterocycles. The molecule has 6 heteroatoms. The molecule has 24 heavy (non-hydrogen) atoms. The van der Waals surface area contributed by atoms with Crippen molar-refractivity contribution in [2.75, 3.05) is 0 Å². The van der Waals surface area contributed by atoms with Gasteiger partial charge in [0, 0.05) is 11.6 Å². The van der Waals surface area contributed by atoms with Crippen molar-refractivity contribution in [1.82, 2.24) is 5.32 Å². The lowest BCUT2D eigenvalue weighted by molar-refractivity contribution is -0.130. The van der Waals surface area contributed by atoms with Crippen molar-refractivity contribution in [3.63, 3.8) is 0 Å². The lowest BCUT2D eigenvalue weighted by Crippen LogP contribution is -2.33. The van der Waals surface area contributed by atoms with E-state index in [9.17, 15) is 9.59 Å². The number of amides is 1. The molecular formula is C18H15Cl2NO3. The lowest BCUT2D eigenvalue weighted by atomic mass is 10.1. The minimum atomic E-state index is -1.03. The summed E-state index contributed by atoms with van der Waals surface area (Å²) in [7, 11) is 0. The maximum atomic E-state index is 12.5. The van der Waals surface area contributed by atoms with Crippen LogP contribution in [0.1, 0.15) is 34.9 Å². The van der Waals surface area contributed by atoms with E-state index in [1.54, 1.807) is 36.4 Å². The SMILES string of the molecule is O=C(O[C@H](C(=O)NC1CC1)c1ccccc1)c1cccc(Cl)c1Cl. The highest BCUT2D eigenvalue weighted by molar-refractivity contribution is 6.43. The maximum Gasteiger partial charge on any atom is 0.340 e. The summed E-state index contributed by atoms with van der Waals surface area (Å²) in [5, 5.41) is 3.22. The van der Waals surface area contributed by atoms with E-state index in [-0.39, 0.29) is 27.6 Å². The van der Waals surface area contributed by atoms with Crippen molar-refractivity contribution >= 4 is 35.1 Å². The van der Waals surface area contributed by atoms with Gasteiger partial charge in [-0.15, -0.1) is 0 Å². The summed E-state index contributed by atoms with van der Waals surface area (Å²) in [5.41, 5.74) is 0.728. The van der Waals surface area contributed by atoms with Gasteiger partial charge in [-0.2, -0.15) is 0 Å². The van der Waals surface area contributed by atoms with Gasteiger partial charge in [-0.1, -0.05) is 59.6 Å². The van der Waals surface area contributed by atoms with Gasteiger partial charge in [-0.25, -0.2) is 4.79 Å². The fourth-order valence-corrected chi connectivity index (χ4v) is 2.61. The Morgan fingerprint density at radius 2 is 1.75 bits per heavy atom. The van der Waals surface area contributed by atoms with Gasteiger partial charge >= 0.3 is 5.97 Å². The van der Waals surface area contributed by atoms with Crippen LogP contribution in [0.25, 0.3) is 0 Å². The lowest BCUT2D eigenvalue weighted by Gasteiger charge is -2.18. The highest BCUT2D eigenvalue weighted by Crippen LogP contribution is 2.29. The fraction of sp³-hybridized carbons (Fsp3) is 0.222. The summed E-state index contributed by atoms with van der Waals surface area (Å²) < 4.78 is 5.45. The van der Waals surface area contributed by atoms with E-state index in [2.05, 4.69) is 5.32 Å². The number of carbonyl (C=O) groups is 2. The molecule has 0 bridgehead atoms. The van der Waals surface area contributed by atoms with E-state index in [0.29, 0.717) is 5.56 Å². The van der Waals surface area contributed by atoms with Crippen LogP contribution in [-0.2, 0) is 9.53 Å². The van der Waals surface area contributed by atoms with Crippen LogP contribution in [0.2, 0.25) is 10.0 Å². The molecule has 0 aliphatic heterocycles. The summed E-state index contributed by atoms with van der Waals surface area (Å²) in [6.07, 6.45) is 0.858. The first-order chi connectivity index (χ1) is 11.6. The van der Waals surface area contributed by atoms with Crippen LogP contribution in [0.4, 0.5) is 0 Å². The molecule has 0 spiro atoms. The molecule has 1 atom stereocenters. The van der Waals surface area contributed by atoms with Crippen molar-refractivity contribution in [3.8, 4) is 0 Å². The number of nitrogens with one attached hydrogen (secondary N) is 1. The molecule has 1 saturated carbocycles. The minimum absolute atomic E-state index is 0.110. The predicted octanol–water partition coefficient (Wildman–Crippen LogP) is 4.17. The van der Waals surface area contributed by atoms with Crippen LogP contribution in [0, 0.1) is 0 Å². The van der Waals surface area contributed by atoms with Gasteiger partial charge in [0.15, 0.2) is 0 Å². The van der Waals surface area contributed by atoms with Crippen LogP contribution in [-0.4, -0.2) is 17.9 Å². The molecule has 2 aromatic rings. The molecule has 2 aromatic carbocycles. The number of rotatable bonds is 5. The summed E-state index contributed by atoms with van der Waals surface area (Å²) in [4.78, 5) is 24.9. The molecule has 0 saturated heterocycles. The summed E-state index contributed by atoms with van der Waals surface area (Å²) in [6, 6.07) is 13.7. The first-order valence-corrected chi connectivity index (χ1v) is 8.32. The summed E-state index contributed by atoms with van der Waals surface area (Å²) in [6.45, 7) is 0. The summed E-state index contributed by atoms with van der Waals surface area (Å²) >= 11 is 12.0. The molecule has 1 amide bonds. The van der Waals surface area contributed by atoms with Gasteiger partial charge in [0.05, 0.1) is 15.6 Å². The third kappa shape index (κ3) is 3.89. The Hall–Kier alpha value is -2.04. The van der Waals surface area contributed by atoms with Gasteiger partial charge in [-0.05, 0) is 25.0 Å². The Morgan fingerprint density at radius 3 is 2.42 bits per heavy atom. The monoisotopic (exact) mass is 363 g/mol. The van der Waals surface area contributed by atoms with E-state index in [4.69, 9.17) is 27.9 Å². The second kappa shape index (κ2) is 7.24. The van der Waals surface area contributed by atoms with Gasteiger partial charge in [-0.3, -0.25) is 4.79 Å². The highest BCUT2D eigenvalue weighted by Gasteiger charge is 2.31. The molecule has 0 heterocycles. The first kappa shape index (κ1) is 16.8. The van der Waals surface area contributed by atoms with Crippen LogP contribution < -0.4 is 5.32 Å². The number of benzene rings is 2. The molecule has 1 N–H and O–H groups in total. The number of hydrogen-bond acceptors (Lipinski definition) is 3. The largest absolute Gasteiger partial charge is 0.444 e. The molecule has 0 unspecified atom stereocenters. The van der Waals surface area contributed by atoms with E-state index in [1.807, 2.05) is 6.07 Å². The van der Waals surface area contributed by atoms with Crippen molar-refractivity contribution in [2.24, 2.45) is 0 Å². The minimum Gasteiger partial charge on any atom is -0.444 e. The van der Waals surface area contributed by atoms with E-state index in [1.165, 1.54) is 6.07 Å². The van der Waals surface area contributed by atoms with Crippen LogP contribution in [0.15, 0.2) is 48.5 Å². The Kier molecular flexibility index (Phi) is 5.07. The zero-order chi connectivity index (χ0) is 17.1. The standard InChI is InChI=1S/C18H15Cl2NO3/c19-14-8-4-7-13(15(14)20)18(23)24-16(11-5-2-1-3-6-11)17(22)21-12-9-10-12/h1-8,12,16H,9-10H2,(H,21,22)/t16-/m0/s1. The van der Waals surface area contributed by atoms with Gasteiger partial charge in [0.1, 0.15) is 0 Å². The molecule has 4 nitrogen and oxygen atoms in total. The molecule has 0 radical (unpaired) electrons. The van der Waals surface area contributed by atoms with E-state index < -0.39 is 12.1 Å². The Bertz CT molecular complexity index is 760. The molecule has 1 aliphatic carbocycles. The van der Waals surface area contributed by atoms with E-state index >= 15 is 0 Å². The van der Waals surface area contributed by atoms with Gasteiger partial charge in [0.25, 0.3) is 5.91 Å². The number of ether oxygens (including phenoxy) is 1. The average Bonchev–Trinajstić information content (AvgIpc) is 3.39. The van der Waals surface area contributed by atoms with E-state index in [0.717, 1.165) is 12.8 Å². The van der Waals surface area contributed by atoms with Crippen molar-refractivity contribution < 1.29 is 14.3 Å². The maximum absolute atomic E-state index is 12.5. The Balaban J connectivity index is 1.84. The van der Waals surface area contributed by atoms with Gasteiger partial charge < -0.3 is 10.1 Å². The zero-order valence-electron chi connectivity index (χ0n) is 12.7. The predicted molar refractivity (Wildman–Crippen MR) is 92.2 cm³/mol. The third-order valence-electron chi connectivity index (χ3n) is 3.66. The molecule has 1 aliphatic rings.